The smallest absolute Gasteiger partial charge is 0.321 e. The molecule has 8 nitrogen and oxygen atoms in total. The maximum Gasteiger partial charge on any atom is 0.321 e. The number of hydrogen-bond acceptors (Lipinski definition) is 4. The van der Waals surface area contributed by atoms with Crippen LogP contribution in [0.4, 0.5) is 10.5 Å². The molecule has 23 heavy (non-hydrogen) atoms. The summed E-state index contributed by atoms with van der Waals surface area (Å²) >= 11 is 0. The third-order valence-corrected chi connectivity index (χ3v) is 4.49. The molecule has 0 aromatic heterocycles. The van der Waals surface area contributed by atoms with Crippen molar-refractivity contribution in [3.05, 3.63) is 24.3 Å². The summed E-state index contributed by atoms with van der Waals surface area (Å²) in [5.41, 5.74) is 0.417. The number of carbonyl (C=O) groups excluding carboxylic acids is 1. The molecule has 0 atom stereocenters. The first kappa shape index (κ1) is 18.9. The van der Waals surface area contributed by atoms with Crippen molar-refractivity contribution in [3.63, 3.8) is 0 Å². The summed E-state index contributed by atoms with van der Waals surface area (Å²) < 4.78 is 26.4. The number of benzene rings is 1. The first-order chi connectivity index (χ1) is 10.6. The van der Waals surface area contributed by atoms with Gasteiger partial charge in [0.05, 0.1) is 11.3 Å². The minimum Gasteiger partial charge on any atom is -0.481 e. The number of nitrogens with one attached hydrogen (secondary N) is 2. The highest BCUT2D eigenvalue weighted by atomic mass is 32.2. The number of carboxylic acid groups (broad SMARTS) is 1. The van der Waals surface area contributed by atoms with Crippen molar-refractivity contribution in [2.24, 2.45) is 0 Å². The van der Waals surface area contributed by atoms with Gasteiger partial charge in [-0.1, -0.05) is 0 Å². The fourth-order valence-electron chi connectivity index (χ4n) is 1.68. The molecule has 0 aliphatic rings. The van der Waals surface area contributed by atoms with Crippen LogP contribution >= 0.6 is 0 Å². The van der Waals surface area contributed by atoms with Crippen LogP contribution in [0.3, 0.4) is 0 Å². The van der Waals surface area contributed by atoms with Gasteiger partial charge in [-0.05, 0) is 38.1 Å². The molecule has 0 aliphatic heterocycles. The van der Waals surface area contributed by atoms with E-state index >= 15 is 0 Å². The standard InChI is InChI=1S/C14H21N3O5S/c1-10(2)16-23(21,22)12-6-4-11(5-7-12)15-14(20)17(3)9-8-13(18)19/h4-7,10,16H,8-9H2,1-3H3,(H,15,20)(H,18,19). The molecular weight excluding hydrogens is 322 g/mol. The molecule has 3 N–H and O–H groups in total. The molecule has 0 saturated heterocycles. The lowest BCUT2D eigenvalue weighted by molar-refractivity contribution is -0.137. The average molecular weight is 343 g/mol. The predicted molar refractivity (Wildman–Crippen MR) is 85.8 cm³/mol. The zero-order valence-corrected chi connectivity index (χ0v) is 14.1. The molecule has 1 rings (SSSR count). The van der Waals surface area contributed by atoms with Crippen LogP contribution in [0.5, 0.6) is 0 Å². The van der Waals surface area contributed by atoms with Gasteiger partial charge in [0.2, 0.25) is 10.0 Å². The van der Waals surface area contributed by atoms with E-state index in [2.05, 4.69) is 10.0 Å². The number of rotatable bonds is 7. The van der Waals surface area contributed by atoms with E-state index < -0.39 is 22.0 Å². The molecule has 9 heteroatoms. The molecule has 0 aliphatic carbocycles. The van der Waals surface area contributed by atoms with Crippen molar-refractivity contribution in [3.8, 4) is 0 Å². The van der Waals surface area contributed by atoms with Crippen LogP contribution in [0.15, 0.2) is 29.2 Å². The Kier molecular flexibility index (Phi) is 6.52. The normalized spacial score (nSPS) is 11.3. The SMILES string of the molecule is CC(C)NS(=O)(=O)c1ccc(NC(=O)N(C)CCC(=O)O)cc1. The quantitative estimate of drug-likeness (QED) is 0.690. The summed E-state index contributed by atoms with van der Waals surface area (Å²) in [5, 5.41) is 11.1. The van der Waals surface area contributed by atoms with Gasteiger partial charge in [0.1, 0.15) is 0 Å². The summed E-state index contributed by atoms with van der Waals surface area (Å²) in [6.45, 7) is 3.52. The van der Waals surface area contributed by atoms with Crippen molar-refractivity contribution in [2.75, 3.05) is 18.9 Å². The first-order valence-corrected chi connectivity index (χ1v) is 8.46. The monoisotopic (exact) mass is 343 g/mol. The van der Waals surface area contributed by atoms with Crippen LogP contribution in [-0.2, 0) is 14.8 Å². The van der Waals surface area contributed by atoms with E-state index in [-0.39, 0.29) is 23.9 Å². The van der Waals surface area contributed by atoms with Gasteiger partial charge >= 0.3 is 12.0 Å². The molecule has 1 aromatic carbocycles. The van der Waals surface area contributed by atoms with Gasteiger partial charge in [-0.25, -0.2) is 17.9 Å². The highest BCUT2D eigenvalue weighted by molar-refractivity contribution is 7.89. The van der Waals surface area contributed by atoms with E-state index in [1.54, 1.807) is 13.8 Å². The second kappa shape index (κ2) is 7.93. The number of carbonyl (C=O) groups is 2. The summed E-state index contributed by atoms with van der Waals surface area (Å²) in [7, 11) is -2.10. The van der Waals surface area contributed by atoms with Gasteiger partial charge in [0, 0.05) is 25.3 Å². The van der Waals surface area contributed by atoms with Crippen molar-refractivity contribution >= 4 is 27.7 Å². The van der Waals surface area contributed by atoms with E-state index in [1.165, 1.54) is 36.2 Å². The van der Waals surface area contributed by atoms with Crippen LogP contribution in [0.2, 0.25) is 0 Å². The van der Waals surface area contributed by atoms with Gasteiger partial charge in [-0.15, -0.1) is 0 Å². The number of amides is 2. The highest BCUT2D eigenvalue weighted by Crippen LogP contribution is 2.14. The molecule has 0 heterocycles. The molecule has 2 amide bonds. The number of nitrogens with zero attached hydrogens (tertiary/aromatic N) is 1. The Morgan fingerprint density at radius 1 is 1.22 bits per heavy atom. The Hall–Kier alpha value is -2.13. The van der Waals surface area contributed by atoms with Crippen LogP contribution < -0.4 is 10.0 Å². The Labute approximate surface area is 135 Å². The largest absolute Gasteiger partial charge is 0.481 e. The summed E-state index contributed by atoms with van der Waals surface area (Å²) in [6, 6.07) is 5.02. The van der Waals surface area contributed by atoms with Crippen molar-refractivity contribution in [1.29, 1.82) is 0 Å². The van der Waals surface area contributed by atoms with E-state index in [4.69, 9.17) is 5.11 Å². The Morgan fingerprint density at radius 2 is 1.78 bits per heavy atom. The number of sulfonamides is 1. The van der Waals surface area contributed by atoms with Crippen LogP contribution in [0, 0.1) is 0 Å². The first-order valence-electron chi connectivity index (χ1n) is 6.98. The molecule has 1 aromatic rings. The topological polar surface area (TPSA) is 116 Å². The van der Waals surface area contributed by atoms with Gasteiger partial charge in [-0.3, -0.25) is 4.79 Å². The van der Waals surface area contributed by atoms with E-state index in [0.717, 1.165) is 0 Å². The maximum atomic E-state index is 12.0. The predicted octanol–water partition coefficient (Wildman–Crippen LogP) is 1.31. The third kappa shape index (κ3) is 6.25. The lowest BCUT2D eigenvalue weighted by Crippen LogP contribution is -2.33. The van der Waals surface area contributed by atoms with Gasteiger partial charge in [-0.2, -0.15) is 0 Å². The summed E-state index contributed by atoms with van der Waals surface area (Å²) in [4.78, 5) is 23.7. The maximum absolute atomic E-state index is 12.0. The molecule has 0 fully saturated rings. The lowest BCUT2D eigenvalue weighted by atomic mass is 10.3. The summed E-state index contributed by atoms with van der Waals surface area (Å²) in [5.74, 6) is -0.989. The van der Waals surface area contributed by atoms with Crippen molar-refractivity contribution in [1.82, 2.24) is 9.62 Å². The van der Waals surface area contributed by atoms with E-state index in [0.29, 0.717) is 5.69 Å². The van der Waals surface area contributed by atoms with Gasteiger partial charge in [0.15, 0.2) is 0 Å². The van der Waals surface area contributed by atoms with E-state index in [1.807, 2.05) is 0 Å². The zero-order chi connectivity index (χ0) is 17.6. The number of carboxylic acids is 1. The molecule has 0 saturated carbocycles. The van der Waals surface area contributed by atoms with Crippen LogP contribution in [0.1, 0.15) is 20.3 Å². The summed E-state index contributed by atoms with van der Waals surface area (Å²) in [6.07, 6.45) is -0.151. The third-order valence-electron chi connectivity index (χ3n) is 2.81. The minimum atomic E-state index is -3.58. The Balaban J connectivity index is 2.70. The fourth-order valence-corrected chi connectivity index (χ4v) is 2.93. The Morgan fingerprint density at radius 3 is 2.26 bits per heavy atom. The van der Waals surface area contributed by atoms with Crippen LogP contribution in [0.25, 0.3) is 0 Å². The number of anilines is 1. The second-order valence-corrected chi connectivity index (χ2v) is 7.01. The van der Waals surface area contributed by atoms with Crippen LogP contribution in [-0.4, -0.2) is 50.1 Å². The van der Waals surface area contributed by atoms with Crippen molar-refractivity contribution < 1.29 is 23.1 Å². The lowest BCUT2D eigenvalue weighted by Gasteiger charge is -2.17. The minimum absolute atomic E-state index is 0.0753. The molecule has 0 radical (unpaired) electrons. The molecule has 128 valence electrons. The molecule has 0 unspecified atom stereocenters. The van der Waals surface area contributed by atoms with Gasteiger partial charge < -0.3 is 15.3 Å². The number of aliphatic carboxylic acids is 1. The molecule has 0 bridgehead atoms. The molecule has 0 spiro atoms. The number of urea groups is 1. The fraction of sp³-hybridized carbons (Fsp3) is 0.429. The van der Waals surface area contributed by atoms with E-state index in [9.17, 15) is 18.0 Å². The highest BCUT2D eigenvalue weighted by Gasteiger charge is 2.15. The number of hydrogen-bond donors (Lipinski definition) is 3. The molecular formula is C14H21N3O5S. The zero-order valence-electron chi connectivity index (χ0n) is 13.2. The van der Waals surface area contributed by atoms with Crippen molar-refractivity contribution in [2.45, 2.75) is 31.2 Å². The second-order valence-electron chi connectivity index (χ2n) is 5.30. The van der Waals surface area contributed by atoms with Gasteiger partial charge in [0.25, 0.3) is 0 Å². The Bertz CT molecular complexity index is 655. The average Bonchev–Trinajstić information content (AvgIpc) is 2.43.